The highest BCUT2D eigenvalue weighted by Gasteiger charge is 2.27. The van der Waals surface area contributed by atoms with Crippen LogP contribution in [-0.2, 0) is 14.3 Å². The predicted octanol–water partition coefficient (Wildman–Crippen LogP) is 1.98. The van der Waals surface area contributed by atoms with Crippen molar-refractivity contribution in [2.75, 3.05) is 13.2 Å². The van der Waals surface area contributed by atoms with Crippen LogP contribution in [0.15, 0.2) is 0 Å². The van der Waals surface area contributed by atoms with Crippen molar-refractivity contribution in [1.82, 2.24) is 10.6 Å². The van der Waals surface area contributed by atoms with E-state index in [2.05, 4.69) is 10.6 Å². The molecule has 122 valence electrons. The van der Waals surface area contributed by atoms with Crippen LogP contribution in [0, 0.1) is 0 Å². The smallest absolute Gasteiger partial charge is 0.407 e. The lowest BCUT2D eigenvalue weighted by molar-refractivity contribution is -0.143. The van der Waals surface area contributed by atoms with Crippen molar-refractivity contribution in [2.24, 2.45) is 0 Å². The number of alkyl carbamates (subject to hydrolysis) is 1. The average Bonchev–Trinajstić information content (AvgIpc) is 2.74. The molecule has 21 heavy (non-hydrogen) atoms. The van der Waals surface area contributed by atoms with E-state index < -0.39 is 5.60 Å². The Labute approximate surface area is 126 Å². The summed E-state index contributed by atoms with van der Waals surface area (Å²) < 4.78 is 10.1. The van der Waals surface area contributed by atoms with E-state index in [0.29, 0.717) is 25.6 Å². The van der Waals surface area contributed by atoms with Crippen LogP contribution in [0.2, 0.25) is 0 Å². The molecule has 0 saturated heterocycles. The number of rotatable bonds is 6. The molecular formula is C15H28N2O4. The minimum Gasteiger partial charge on any atom is -0.466 e. The normalized spacial score (nSPS) is 21.9. The van der Waals surface area contributed by atoms with E-state index >= 15 is 0 Å². The molecule has 1 aliphatic rings. The van der Waals surface area contributed by atoms with Gasteiger partial charge in [-0.15, -0.1) is 0 Å². The van der Waals surface area contributed by atoms with Gasteiger partial charge in [-0.3, -0.25) is 4.79 Å². The van der Waals surface area contributed by atoms with Gasteiger partial charge in [-0.25, -0.2) is 4.79 Å². The summed E-state index contributed by atoms with van der Waals surface area (Å²) in [6.07, 6.45) is 2.80. The molecule has 6 heteroatoms. The molecule has 1 fully saturated rings. The molecule has 0 spiro atoms. The lowest BCUT2D eigenvalue weighted by Gasteiger charge is -2.21. The summed E-state index contributed by atoms with van der Waals surface area (Å²) in [5.74, 6) is -0.175. The molecule has 1 aliphatic carbocycles. The Morgan fingerprint density at radius 1 is 1.19 bits per heavy atom. The summed E-state index contributed by atoms with van der Waals surface area (Å²) in [7, 11) is 0. The Hall–Kier alpha value is -1.30. The summed E-state index contributed by atoms with van der Waals surface area (Å²) >= 11 is 0. The maximum Gasteiger partial charge on any atom is 0.407 e. The minimum absolute atomic E-state index is 0.139. The maximum absolute atomic E-state index is 11.7. The zero-order valence-corrected chi connectivity index (χ0v) is 13.5. The first-order valence-corrected chi connectivity index (χ1v) is 7.68. The first kappa shape index (κ1) is 17.8. The number of hydrogen-bond donors (Lipinski definition) is 2. The molecule has 2 atom stereocenters. The molecule has 1 rings (SSSR count). The molecule has 0 aromatic rings. The summed E-state index contributed by atoms with van der Waals surface area (Å²) in [5.41, 5.74) is -0.472. The quantitative estimate of drug-likeness (QED) is 0.733. The summed E-state index contributed by atoms with van der Waals surface area (Å²) in [6, 6.07) is 0.472. The van der Waals surface area contributed by atoms with E-state index in [9.17, 15) is 9.59 Å². The summed E-state index contributed by atoms with van der Waals surface area (Å²) in [4.78, 5) is 22.9. The van der Waals surface area contributed by atoms with E-state index in [1.54, 1.807) is 6.92 Å². The molecule has 6 nitrogen and oxygen atoms in total. The number of amides is 1. The van der Waals surface area contributed by atoms with Crippen LogP contribution >= 0.6 is 0 Å². The van der Waals surface area contributed by atoms with Gasteiger partial charge in [0.05, 0.1) is 13.0 Å². The van der Waals surface area contributed by atoms with Gasteiger partial charge in [-0.05, 0) is 47.0 Å². The lowest BCUT2D eigenvalue weighted by Crippen LogP contribution is -2.39. The van der Waals surface area contributed by atoms with Gasteiger partial charge in [0, 0.05) is 18.6 Å². The van der Waals surface area contributed by atoms with Crippen molar-refractivity contribution in [3.8, 4) is 0 Å². The van der Waals surface area contributed by atoms with E-state index in [4.69, 9.17) is 9.47 Å². The van der Waals surface area contributed by atoms with Crippen LogP contribution in [0.3, 0.4) is 0 Å². The SMILES string of the molecule is CCOC(=O)CCNC1CCC(NC(=O)OC(C)(C)C)C1. The Balaban J connectivity index is 2.18. The van der Waals surface area contributed by atoms with Crippen LogP contribution in [0.25, 0.3) is 0 Å². The molecule has 0 aliphatic heterocycles. The number of hydrogen-bond acceptors (Lipinski definition) is 5. The Kier molecular flexibility index (Phi) is 6.95. The molecule has 1 amide bonds. The molecule has 0 heterocycles. The molecule has 0 aromatic carbocycles. The third-order valence-electron chi connectivity index (χ3n) is 3.22. The lowest BCUT2D eigenvalue weighted by atomic mass is 10.2. The maximum atomic E-state index is 11.7. The summed E-state index contributed by atoms with van der Waals surface area (Å²) in [5, 5.41) is 6.22. The predicted molar refractivity (Wildman–Crippen MR) is 80.0 cm³/mol. The van der Waals surface area contributed by atoms with Gasteiger partial charge in [0.2, 0.25) is 0 Å². The number of carbonyl (C=O) groups excluding carboxylic acids is 2. The van der Waals surface area contributed by atoms with Gasteiger partial charge in [0.15, 0.2) is 0 Å². The van der Waals surface area contributed by atoms with Crippen LogP contribution in [0.4, 0.5) is 4.79 Å². The van der Waals surface area contributed by atoms with Crippen molar-refractivity contribution in [1.29, 1.82) is 0 Å². The van der Waals surface area contributed by atoms with Crippen molar-refractivity contribution >= 4 is 12.1 Å². The largest absolute Gasteiger partial charge is 0.466 e. The number of carbonyl (C=O) groups is 2. The van der Waals surface area contributed by atoms with Crippen LogP contribution in [0.5, 0.6) is 0 Å². The van der Waals surface area contributed by atoms with E-state index in [0.717, 1.165) is 19.3 Å². The Morgan fingerprint density at radius 2 is 1.86 bits per heavy atom. The third kappa shape index (κ3) is 7.90. The van der Waals surface area contributed by atoms with Crippen molar-refractivity contribution in [3.63, 3.8) is 0 Å². The van der Waals surface area contributed by atoms with Gasteiger partial charge in [-0.1, -0.05) is 0 Å². The zero-order chi connectivity index (χ0) is 15.9. The van der Waals surface area contributed by atoms with Gasteiger partial charge in [0.25, 0.3) is 0 Å². The fourth-order valence-electron chi connectivity index (χ4n) is 2.38. The van der Waals surface area contributed by atoms with Gasteiger partial charge in [-0.2, -0.15) is 0 Å². The van der Waals surface area contributed by atoms with E-state index in [-0.39, 0.29) is 18.1 Å². The third-order valence-corrected chi connectivity index (χ3v) is 3.22. The zero-order valence-electron chi connectivity index (χ0n) is 13.5. The average molecular weight is 300 g/mol. The molecule has 0 aromatic heterocycles. The monoisotopic (exact) mass is 300 g/mol. The number of nitrogens with one attached hydrogen (secondary N) is 2. The first-order valence-electron chi connectivity index (χ1n) is 7.68. The molecule has 0 bridgehead atoms. The van der Waals surface area contributed by atoms with E-state index in [1.807, 2.05) is 20.8 Å². The highest BCUT2D eigenvalue weighted by Crippen LogP contribution is 2.19. The summed E-state index contributed by atoms with van der Waals surface area (Å²) in [6.45, 7) is 8.38. The van der Waals surface area contributed by atoms with E-state index in [1.165, 1.54) is 0 Å². The van der Waals surface area contributed by atoms with Gasteiger partial charge < -0.3 is 20.1 Å². The molecule has 0 radical (unpaired) electrons. The molecule has 1 saturated carbocycles. The second kappa shape index (κ2) is 8.22. The highest BCUT2D eigenvalue weighted by atomic mass is 16.6. The molecular weight excluding hydrogens is 272 g/mol. The number of esters is 1. The Morgan fingerprint density at radius 3 is 2.48 bits per heavy atom. The van der Waals surface area contributed by atoms with Crippen LogP contribution < -0.4 is 10.6 Å². The van der Waals surface area contributed by atoms with Crippen molar-refractivity contribution in [3.05, 3.63) is 0 Å². The minimum atomic E-state index is -0.472. The van der Waals surface area contributed by atoms with Crippen molar-refractivity contribution in [2.45, 2.75) is 71.1 Å². The van der Waals surface area contributed by atoms with Crippen LogP contribution in [0.1, 0.15) is 53.4 Å². The van der Waals surface area contributed by atoms with Gasteiger partial charge in [0.1, 0.15) is 5.60 Å². The van der Waals surface area contributed by atoms with Gasteiger partial charge >= 0.3 is 12.1 Å². The second-order valence-electron chi connectivity index (χ2n) is 6.36. The molecule has 2 N–H and O–H groups in total. The standard InChI is InChI=1S/C15H28N2O4/c1-5-20-13(18)8-9-16-11-6-7-12(10-11)17-14(19)21-15(2,3)4/h11-12,16H,5-10H2,1-4H3,(H,17,19). The van der Waals surface area contributed by atoms with Crippen molar-refractivity contribution < 1.29 is 19.1 Å². The van der Waals surface area contributed by atoms with Crippen LogP contribution in [-0.4, -0.2) is 42.9 Å². The fourth-order valence-corrected chi connectivity index (χ4v) is 2.38. The fraction of sp³-hybridized carbons (Fsp3) is 0.867. The topological polar surface area (TPSA) is 76.7 Å². The second-order valence-corrected chi connectivity index (χ2v) is 6.36. The first-order chi connectivity index (χ1) is 9.80. The molecule has 2 unspecified atom stereocenters. The number of ether oxygens (including phenoxy) is 2. The highest BCUT2D eigenvalue weighted by molar-refractivity contribution is 5.69. The Bertz CT molecular complexity index is 352.